The Kier molecular flexibility index (Phi) is 5.57. The first-order chi connectivity index (χ1) is 15.6. The van der Waals surface area contributed by atoms with Gasteiger partial charge < -0.3 is 0 Å². The molecule has 1 aliphatic heterocycles. The molecule has 0 aliphatic carbocycles. The number of rotatable bonds is 4. The van der Waals surface area contributed by atoms with E-state index in [1.165, 1.54) is 30.3 Å². The smallest absolute Gasteiger partial charge is 0.293 e. The summed E-state index contributed by atoms with van der Waals surface area (Å²) in [6.45, 7) is 3.49. The van der Waals surface area contributed by atoms with E-state index in [1.54, 1.807) is 25.1 Å². The van der Waals surface area contributed by atoms with Gasteiger partial charge in [0.15, 0.2) is 11.6 Å². The molecular formula is C24H18F3N3O3. The average Bonchev–Trinajstić information content (AvgIpc) is 3.04. The van der Waals surface area contributed by atoms with Gasteiger partial charge in [0.05, 0.1) is 17.3 Å². The van der Waals surface area contributed by atoms with Crippen molar-refractivity contribution in [1.29, 1.82) is 0 Å². The van der Waals surface area contributed by atoms with Gasteiger partial charge in [0.2, 0.25) is 5.78 Å². The molecule has 1 aliphatic rings. The molecule has 1 amide bonds. The molecule has 2 heterocycles. The fourth-order valence-electron chi connectivity index (χ4n) is 3.84. The topological polar surface area (TPSA) is 80.2 Å². The summed E-state index contributed by atoms with van der Waals surface area (Å²) >= 11 is 0. The van der Waals surface area contributed by atoms with Gasteiger partial charge in [-0.15, -0.1) is 5.10 Å². The number of aryl methyl sites for hydroxylation is 2. The summed E-state index contributed by atoms with van der Waals surface area (Å²) in [6.07, 6.45) is -4.65. The number of hydrogen-bond donors (Lipinski definition) is 0. The number of hydrogen-bond acceptors (Lipinski definition) is 5. The third-order valence-electron chi connectivity index (χ3n) is 5.51. The van der Waals surface area contributed by atoms with Crippen LogP contribution in [0.3, 0.4) is 0 Å². The molecule has 1 aromatic heterocycles. The number of nitrogens with zero attached hydrogens (tertiary/aromatic N) is 3. The monoisotopic (exact) mass is 453 g/mol. The Morgan fingerprint density at radius 2 is 1.64 bits per heavy atom. The van der Waals surface area contributed by atoms with Gasteiger partial charge in [0.1, 0.15) is 5.92 Å². The van der Waals surface area contributed by atoms with Crippen LogP contribution in [0.2, 0.25) is 0 Å². The lowest BCUT2D eigenvalue weighted by atomic mass is 9.85. The third-order valence-corrected chi connectivity index (χ3v) is 5.51. The van der Waals surface area contributed by atoms with Crippen molar-refractivity contribution in [2.75, 3.05) is 4.90 Å². The molecule has 168 valence electrons. The summed E-state index contributed by atoms with van der Waals surface area (Å²) in [6, 6.07) is 12.3. The molecular weight excluding hydrogens is 435 g/mol. The van der Waals surface area contributed by atoms with Crippen molar-refractivity contribution in [2.45, 2.75) is 26.1 Å². The molecule has 0 bridgehead atoms. The second kappa shape index (κ2) is 8.23. The maximum absolute atomic E-state index is 13.4. The van der Waals surface area contributed by atoms with E-state index >= 15 is 0 Å². The molecule has 3 aromatic rings. The molecule has 33 heavy (non-hydrogen) atoms. The summed E-state index contributed by atoms with van der Waals surface area (Å²) in [5, 5.41) is 7.83. The minimum Gasteiger partial charge on any atom is -0.293 e. The Morgan fingerprint density at radius 3 is 2.24 bits per heavy atom. The summed E-state index contributed by atoms with van der Waals surface area (Å²) in [4.78, 5) is 40.3. The minimum absolute atomic E-state index is 0.00291. The van der Waals surface area contributed by atoms with Crippen molar-refractivity contribution in [1.82, 2.24) is 10.2 Å². The maximum atomic E-state index is 13.4. The Balaban J connectivity index is 1.88. The average molecular weight is 453 g/mol. The zero-order chi connectivity index (χ0) is 23.9. The Morgan fingerprint density at radius 1 is 0.939 bits per heavy atom. The van der Waals surface area contributed by atoms with Crippen molar-refractivity contribution in [3.8, 4) is 0 Å². The first-order valence-electron chi connectivity index (χ1n) is 10.0. The van der Waals surface area contributed by atoms with Crippen molar-refractivity contribution in [2.24, 2.45) is 5.92 Å². The lowest BCUT2D eigenvalue weighted by Gasteiger charge is -2.26. The van der Waals surface area contributed by atoms with E-state index in [0.29, 0.717) is 5.69 Å². The van der Waals surface area contributed by atoms with Crippen LogP contribution in [0.5, 0.6) is 0 Å². The predicted molar refractivity (Wildman–Crippen MR) is 112 cm³/mol. The van der Waals surface area contributed by atoms with Gasteiger partial charge in [-0.3, -0.25) is 19.3 Å². The second-order valence-electron chi connectivity index (χ2n) is 7.85. The standard InChI is InChI=1S/C24H18F3N3O3/c1-13-6-9-15(10-7-13)21(31)19-20(16-4-3-5-17(12-16)24(25,26)27)30(23(33)22(19)32)18-11-8-14(2)28-29-18/h3-12,19-20H,1-2H3. The lowest BCUT2D eigenvalue weighted by Crippen LogP contribution is -2.31. The molecule has 2 aromatic carbocycles. The number of carbonyl (C=O) groups is 3. The molecule has 1 fully saturated rings. The van der Waals surface area contributed by atoms with E-state index in [2.05, 4.69) is 10.2 Å². The van der Waals surface area contributed by atoms with Crippen molar-refractivity contribution in [3.05, 3.63) is 88.6 Å². The van der Waals surface area contributed by atoms with Crippen LogP contribution in [0.15, 0.2) is 60.7 Å². The van der Waals surface area contributed by atoms with Gasteiger partial charge in [-0.2, -0.15) is 18.3 Å². The molecule has 4 rings (SSSR count). The molecule has 0 radical (unpaired) electrons. The number of alkyl halides is 3. The van der Waals surface area contributed by atoms with Crippen LogP contribution in [0.25, 0.3) is 0 Å². The number of amides is 1. The number of ketones is 2. The van der Waals surface area contributed by atoms with Gasteiger partial charge in [-0.1, -0.05) is 42.0 Å². The number of Topliss-reactive ketones (excluding diaryl/α,β-unsaturated/α-hetero) is 2. The number of anilines is 1. The third kappa shape index (κ3) is 4.13. The van der Waals surface area contributed by atoms with E-state index in [4.69, 9.17) is 0 Å². The summed E-state index contributed by atoms with van der Waals surface area (Å²) in [5.74, 6) is -4.25. The van der Waals surface area contributed by atoms with E-state index in [1.807, 2.05) is 6.92 Å². The molecule has 1 saturated heterocycles. The highest BCUT2D eigenvalue weighted by molar-refractivity contribution is 6.48. The van der Waals surface area contributed by atoms with Crippen molar-refractivity contribution >= 4 is 23.3 Å². The molecule has 0 spiro atoms. The predicted octanol–water partition coefficient (Wildman–Crippen LogP) is 4.27. The molecule has 0 saturated carbocycles. The van der Waals surface area contributed by atoms with Crippen LogP contribution in [0, 0.1) is 19.8 Å². The maximum Gasteiger partial charge on any atom is 0.416 e. The normalized spacial score (nSPS) is 18.6. The SMILES string of the molecule is Cc1ccc(C(=O)C2C(=O)C(=O)N(c3ccc(C)nn3)C2c2cccc(C(F)(F)F)c2)cc1. The second-order valence-corrected chi connectivity index (χ2v) is 7.85. The Bertz CT molecular complexity index is 1240. The van der Waals surface area contributed by atoms with Gasteiger partial charge in [-0.25, -0.2) is 0 Å². The van der Waals surface area contributed by atoms with Crippen molar-refractivity contribution in [3.63, 3.8) is 0 Å². The largest absolute Gasteiger partial charge is 0.416 e. The van der Waals surface area contributed by atoms with Crippen LogP contribution in [0.1, 0.15) is 38.8 Å². The molecule has 0 N–H and O–H groups in total. The number of aromatic nitrogens is 2. The molecule has 2 unspecified atom stereocenters. The number of halogens is 3. The molecule has 2 atom stereocenters. The van der Waals surface area contributed by atoms with Gasteiger partial charge in [-0.05, 0) is 43.7 Å². The first-order valence-corrected chi connectivity index (χ1v) is 10.0. The zero-order valence-corrected chi connectivity index (χ0v) is 17.6. The summed E-state index contributed by atoms with van der Waals surface area (Å²) in [5.41, 5.74) is 0.645. The van der Waals surface area contributed by atoms with Crippen LogP contribution in [0.4, 0.5) is 19.0 Å². The number of benzene rings is 2. The highest BCUT2D eigenvalue weighted by Crippen LogP contribution is 2.42. The van der Waals surface area contributed by atoms with Crippen LogP contribution >= 0.6 is 0 Å². The number of carbonyl (C=O) groups excluding carboxylic acids is 3. The van der Waals surface area contributed by atoms with Gasteiger partial charge in [0.25, 0.3) is 5.91 Å². The fourth-order valence-corrected chi connectivity index (χ4v) is 3.84. The van der Waals surface area contributed by atoms with Gasteiger partial charge in [0, 0.05) is 5.56 Å². The van der Waals surface area contributed by atoms with E-state index in [9.17, 15) is 27.6 Å². The van der Waals surface area contributed by atoms with Crippen LogP contribution in [-0.4, -0.2) is 27.7 Å². The summed E-state index contributed by atoms with van der Waals surface area (Å²) < 4.78 is 40.2. The first kappa shape index (κ1) is 22.3. The molecule has 6 nitrogen and oxygen atoms in total. The minimum atomic E-state index is -4.65. The van der Waals surface area contributed by atoms with Crippen LogP contribution in [-0.2, 0) is 15.8 Å². The lowest BCUT2D eigenvalue weighted by molar-refractivity contribution is -0.137. The van der Waals surface area contributed by atoms with Crippen molar-refractivity contribution < 1.29 is 27.6 Å². The highest BCUT2D eigenvalue weighted by Gasteiger charge is 2.53. The Hall–Kier alpha value is -3.88. The molecule has 9 heteroatoms. The zero-order valence-electron chi connectivity index (χ0n) is 17.6. The Labute approximate surface area is 187 Å². The van der Waals surface area contributed by atoms with E-state index in [0.717, 1.165) is 22.6 Å². The van der Waals surface area contributed by atoms with E-state index < -0.39 is 41.2 Å². The quantitative estimate of drug-likeness (QED) is 0.335. The highest BCUT2D eigenvalue weighted by atomic mass is 19.4. The van der Waals surface area contributed by atoms with E-state index in [-0.39, 0.29) is 16.9 Å². The van der Waals surface area contributed by atoms with Crippen LogP contribution < -0.4 is 4.90 Å². The fraction of sp³-hybridized carbons (Fsp3) is 0.208. The summed E-state index contributed by atoms with van der Waals surface area (Å²) in [7, 11) is 0. The van der Waals surface area contributed by atoms with Gasteiger partial charge >= 0.3 is 6.18 Å².